The third-order valence-electron chi connectivity index (χ3n) is 3.14. The van der Waals surface area contributed by atoms with Gasteiger partial charge in [-0.3, -0.25) is 4.98 Å². The summed E-state index contributed by atoms with van der Waals surface area (Å²) in [5, 5.41) is 2.92. The van der Waals surface area contributed by atoms with Crippen molar-refractivity contribution in [2.75, 3.05) is 19.6 Å². The Labute approximate surface area is 108 Å². The summed E-state index contributed by atoms with van der Waals surface area (Å²) in [6.45, 7) is 1.99. The van der Waals surface area contributed by atoms with Crippen LogP contribution in [0.5, 0.6) is 0 Å². The van der Waals surface area contributed by atoms with Crippen LogP contribution >= 0.6 is 0 Å². The molecular formula is C12H19N3O2S. The maximum Gasteiger partial charge on any atom is 0.214 e. The zero-order chi connectivity index (χ0) is 12.8. The summed E-state index contributed by atoms with van der Waals surface area (Å²) in [5.41, 5.74) is 0.908. The molecule has 0 atom stereocenters. The first-order chi connectivity index (χ1) is 8.68. The highest BCUT2D eigenvalue weighted by Crippen LogP contribution is 2.11. The van der Waals surface area contributed by atoms with Crippen LogP contribution in [0.1, 0.15) is 18.5 Å². The number of nitrogens with one attached hydrogen (secondary N) is 2. The molecule has 2 N–H and O–H groups in total. The number of sulfonamides is 1. The second kappa shape index (κ2) is 6.26. The highest BCUT2D eigenvalue weighted by molar-refractivity contribution is 7.90. The fourth-order valence-electron chi connectivity index (χ4n) is 2.09. The Kier molecular flexibility index (Phi) is 4.68. The lowest BCUT2D eigenvalue weighted by atomic mass is 10.2. The molecule has 5 nitrogen and oxygen atoms in total. The number of piperidine rings is 1. The largest absolute Gasteiger partial charge is 0.317 e. The first-order valence-corrected chi connectivity index (χ1v) is 7.82. The van der Waals surface area contributed by atoms with E-state index in [1.165, 1.54) is 0 Å². The lowest BCUT2D eigenvalue weighted by molar-refractivity contribution is 0.489. The zero-order valence-corrected chi connectivity index (χ0v) is 11.1. The highest BCUT2D eigenvalue weighted by Gasteiger charge is 2.26. The Bertz CT molecular complexity index is 455. The minimum atomic E-state index is -3.17. The van der Waals surface area contributed by atoms with Crippen molar-refractivity contribution >= 4 is 10.0 Å². The van der Waals surface area contributed by atoms with Crippen molar-refractivity contribution in [3.63, 3.8) is 0 Å². The number of hydrogen-bond donors (Lipinski definition) is 2. The van der Waals surface area contributed by atoms with E-state index in [9.17, 15) is 8.42 Å². The van der Waals surface area contributed by atoms with Gasteiger partial charge in [-0.2, -0.15) is 0 Å². The van der Waals surface area contributed by atoms with Gasteiger partial charge in [-0.25, -0.2) is 13.1 Å². The van der Waals surface area contributed by atoms with Crippen molar-refractivity contribution in [3.05, 3.63) is 30.1 Å². The molecule has 0 spiro atoms. The van der Waals surface area contributed by atoms with E-state index in [0.29, 0.717) is 25.8 Å². The van der Waals surface area contributed by atoms with Crippen LogP contribution in [-0.4, -0.2) is 38.3 Å². The molecule has 1 aliphatic heterocycles. The third-order valence-corrected chi connectivity index (χ3v) is 5.09. The zero-order valence-electron chi connectivity index (χ0n) is 10.3. The molecule has 6 heteroatoms. The van der Waals surface area contributed by atoms with E-state index in [1.807, 2.05) is 18.2 Å². The Morgan fingerprint density at radius 1 is 1.33 bits per heavy atom. The van der Waals surface area contributed by atoms with Crippen LogP contribution in [-0.2, 0) is 16.4 Å². The van der Waals surface area contributed by atoms with Gasteiger partial charge < -0.3 is 5.32 Å². The van der Waals surface area contributed by atoms with E-state index in [1.54, 1.807) is 6.20 Å². The average molecular weight is 269 g/mol. The van der Waals surface area contributed by atoms with Crippen molar-refractivity contribution in [2.45, 2.75) is 24.5 Å². The van der Waals surface area contributed by atoms with E-state index in [0.717, 1.165) is 18.8 Å². The van der Waals surface area contributed by atoms with Gasteiger partial charge in [0.1, 0.15) is 0 Å². The van der Waals surface area contributed by atoms with E-state index in [-0.39, 0.29) is 5.25 Å². The predicted molar refractivity (Wildman–Crippen MR) is 70.8 cm³/mol. The minimum Gasteiger partial charge on any atom is -0.317 e. The Morgan fingerprint density at radius 2 is 2.11 bits per heavy atom. The number of hydrogen-bond acceptors (Lipinski definition) is 4. The monoisotopic (exact) mass is 269 g/mol. The molecule has 1 aliphatic rings. The van der Waals surface area contributed by atoms with Crippen LogP contribution in [0.15, 0.2) is 24.4 Å². The quantitative estimate of drug-likeness (QED) is 0.806. The van der Waals surface area contributed by atoms with Crippen LogP contribution in [0.25, 0.3) is 0 Å². The molecule has 0 unspecified atom stereocenters. The predicted octanol–water partition coefficient (Wildman–Crippen LogP) is 0.295. The number of rotatable bonds is 5. The molecule has 1 saturated heterocycles. The standard InChI is InChI=1S/C12H19N3O2S/c16-18(17,12-5-8-13-9-6-12)15-10-4-11-3-1-2-7-14-11/h1-3,7,12-13,15H,4-6,8-10H2. The van der Waals surface area contributed by atoms with E-state index in [4.69, 9.17) is 0 Å². The topological polar surface area (TPSA) is 71.1 Å². The van der Waals surface area contributed by atoms with Gasteiger partial charge in [0, 0.05) is 24.9 Å². The summed E-state index contributed by atoms with van der Waals surface area (Å²) >= 11 is 0. The van der Waals surface area contributed by atoms with E-state index >= 15 is 0 Å². The normalized spacial score (nSPS) is 17.8. The van der Waals surface area contributed by atoms with E-state index in [2.05, 4.69) is 15.0 Å². The number of aromatic nitrogens is 1. The second-order valence-corrected chi connectivity index (χ2v) is 6.51. The molecule has 1 fully saturated rings. The smallest absolute Gasteiger partial charge is 0.214 e. The maximum atomic E-state index is 12.0. The molecule has 0 aliphatic carbocycles. The third kappa shape index (κ3) is 3.76. The molecule has 1 aromatic heterocycles. The first-order valence-electron chi connectivity index (χ1n) is 6.27. The fraction of sp³-hybridized carbons (Fsp3) is 0.583. The maximum absolute atomic E-state index is 12.0. The summed E-state index contributed by atoms with van der Waals surface area (Å²) in [7, 11) is -3.17. The summed E-state index contributed by atoms with van der Waals surface area (Å²) < 4.78 is 26.7. The van der Waals surface area contributed by atoms with Crippen molar-refractivity contribution in [2.24, 2.45) is 0 Å². The van der Waals surface area contributed by atoms with Crippen molar-refractivity contribution in [3.8, 4) is 0 Å². The average Bonchev–Trinajstić information content (AvgIpc) is 2.41. The van der Waals surface area contributed by atoms with Gasteiger partial charge in [0.05, 0.1) is 5.25 Å². The molecule has 0 aromatic carbocycles. The number of pyridine rings is 1. The van der Waals surface area contributed by atoms with Crippen LogP contribution in [0.2, 0.25) is 0 Å². The van der Waals surface area contributed by atoms with Crippen molar-refractivity contribution in [1.29, 1.82) is 0 Å². The summed E-state index contributed by atoms with van der Waals surface area (Å²) in [4.78, 5) is 4.17. The molecule has 2 heterocycles. The summed E-state index contributed by atoms with van der Waals surface area (Å²) in [5.74, 6) is 0. The van der Waals surface area contributed by atoms with Gasteiger partial charge in [0.25, 0.3) is 0 Å². The van der Waals surface area contributed by atoms with Crippen LogP contribution < -0.4 is 10.0 Å². The van der Waals surface area contributed by atoms with Crippen LogP contribution in [0.4, 0.5) is 0 Å². The Morgan fingerprint density at radius 3 is 2.78 bits per heavy atom. The molecule has 0 radical (unpaired) electrons. The van der Waals surface area contributed by atoms with Gasteiger partial charge in [-0.15, -0.1) is 0 Å². The molecule has 18 heavy (non-hydrogen) atoms. The van der Waals surface area contributed by atoms with E-state index < -0.39 is 10.0 Å². The van der Waals surface area contributed by atoms with Crippen molar-refractivity contribution in [1.82, 2.24) is 15.0 Å². The molecule has 100 valence electrons. The van der Waals surface area contributed by atoms with Gasteiger partial charge in [0.15, 0.2) is 0 Å². The van der Waals surface area contributed by atoms with Crippen LogP contribution in [0, 0.1) is 0 Å². The number of nitrogens with zero attached hydrogens (tertiary/aromatic N) is 1. The Hall–Kier alpha value is -0.980. The van der Waals surface area contributed by atoms with Gasteiger partial charge in [-0.1, -0.05) is 6.07 Å². The summed E-state index contributed by atoms with van der Waals surface area (Å²) in [6.07, 6.45) is 3.74. The Balaban J connectivity index is 1.82. The van der Waals surface area contributed by atoms with Gasteiger partial charge in [-0.05, 0) is 38.1 Å². The molecule has 1 aromatic rings. The summed E-state index contributed by atoms with van der Waals surface area (Å²) in [6, 6.07) is 5.66. The van der Waals surface area contributed by atoms with Gasteiger partial charge >= 0.3 is 0 Å². The van der Waals surface area contributed by atoms with Crippen molar-refractivity contribution < 1.29 is 8.42 Å². The SMILES string of the molecule is O=S(=O)(NCCc1ccccn1)C1CCNCC1. The molecule has 0 amide bonds. The fourth-order valence-corrected chi connectivity index (χ4v) is 3.57. The lowest BCUT2D eigenvalue weighted by Gasteiger charge is -2.22. The second-order valence-electron chi connectivity index (χ2n) is 4.46. The first kappa shape index (κ1) is 13.5. The minimum absolute atomic E-state index is 0.248. The lowest BCUT2D eigenvalue weighted by Crippen LogP contribution is -2.42. The molecule has 0 saturated carbocycles. The van der Waals surface area contributed by atoms with Crippen LogP contribution in [0.3, 0.4) is 0 Å². The van der Waals surface area contributed by atoms with Gasteiger partial charge in [0.2, 0.25) is 10.0 Å². The highest BCUT2D eigenvalue weighted by atomic mass is 32.2. The molecule has 0 bridgehead atoms. The molecular weight excluding hydrogens is 250 g/mol. The molecule has 2 rings (SSSR count).